The highest BCUT2D eigenvalue weighted by Crippen LogP contribution is 2.52. The van der Waals surface area contributed by atoms with Crippen LogP contribution in [0, 0.1) is 6.92 Å². The second-order valence-electron chi connectivity index (χ2n) is 24.2. The summed E-state index contributed by atoms with van der Waals surface area (Å²) in [5.74, 6) is 2.71. The summed E-state index contributed by atoms with van der Waals surface area (Å²) in [7, 11) is 0.759. The lowest BCUT2D eigenvalue weighted by molar-refractivity contribution is 0.332. The molecule has 1 aliphatic carbocycles. The van der Waals surface area contributed by atoms with E-state index in [1.54, 1.807) is 0 Å². The minimum absolute atomic E-state index is 0.00154. The van der Waals surface area contributed by atoms with Gasteiger partial charge in [-0.15, -0.1) is 0 Å². The fraction of sp³-hybridized carbons (Fsp3) is 0.262. The zero-order valence-corrected chi connectivity index (χ0v) is 43.0. The van der Waals surface area contributed by atoms with Crippen LogP contribution in [-0.4, -0.2) is 11.8 Å². The maximum atomic E-state index is 7.02. The lowest BCUT2D eigenvalue weighted by atomic mass is 9.58. The van der Waals surface area contributed by atoms with Gasteiger partial charge in [0.25, 0.3) is 0 Å². The summed E-state index contributed by atoms with van der Waals surface area (Å²) < 4.78 is 23.1. The lowest BCUT2D eigenvalue weighted by Crippen LogP contribution is -2.38. The van der Waals surface area contributed by atoms with Crippen molar-refractivity contribution in [2.24, 2.45) is 0 Å². The molecule has 4 heterocycles. The minimum Gasteiger partial charge on any atom is -0.454 e. The number of fused-ring (bicyclic) bond motifs is 11. The number of furan rings is 1. The van der Waals surface area contributed by atoms with Crippen molar-refractivity contribution in [1.82, 2.24) is 4.57 Å². The highest BCUT2D eigenvalue weighted by Gasteiger charge is 2.38. The van der Waals surface area contributed by atoms with Gasteiger partial charge in [0.15, 0.2) is 35.9 Å². The quantitative estimate of drug-likeness (QED) is 0.179. The first-order valence-electron chi connectivity index (χ1n) is 25.6. The number of aromatic nitrogens is 1. The maximum Gasteiger partial charge on any atom is 0.198 e. The molecule has 6 heteroatoms. The van der Waals surface area contributed by atoms with E-state index in [4.69, 9.17) is 13.9 Å². The van der Waals surface area contributed by atoms with Crippen molar-refractivity contribution in [3.63, 3.8) is 0 Å². The van der Waals surface area contributed by atoms with E-state index in [9.17, 15) is 0 Å². The molecule has 13 rings (SSSR count). The van der Waals surface area contributed by atoms with Gasteiger partial charge in [0.1, 0.15) is 5.58 Å². The monoisotopic (exact) mass is 928 g/mol. The standard InChI is InChI=1S/C65H61BN2O3/c1-36-17-12-13-18-40(36)37-27-45(59-53(28-37)68-52-24-23-38(62(2,3)4)29-43(52)46-30-39(63(5,6)7)31-49(66-59)60(46)68)42-33-57-58(70-55-22-15-14-21-54(55)69-57)35-51(42)67-50-20-16-19-41-44-32-47-48(34-56(44)71-61(41)50)65(10,11)26-25-64(47,8)9/h12-24,27-35,66-67H,25-26H2,1-11H3. The first-order valence-corrected chi connectivity index (χ1v) is 25.6. The van der Waals surface area contributed by atoms with Crippen molar-refractivity contribution in [3.05, 3.63) is 161 Å². The summed E-state index contributed by atoms with van der Waals surface area (Å²) in [5.41, 5.74) is 21.2. The van der Waals surface area contributed by atoms with Crippen LogP contribution in [0.1, 0.15) is 110 Å². The fourth-order valence-electron chi connectivity index (χ4n) is 12.0. The van der Waals surface area contributed by atoms with Crippen molar-refractivity contribution in [3.8, 4) is 50.9 Å². The van der Waals surface area contributed by atoms with Gasteiger partial charge in [0.05, 0.1) is 16.9 Å². The summed E-state index contributed by atoms with van der Waals surface area (Å²) in [6, 6.07) is 49.2. The van der Waals surface area contributed by atoms with Gasteiger partial charge in [-0.25, -0.2) is 0 Å². The molecule has 0 atom stereocenters. The van der Waals surface area contributed by atoms with Crippen molar-refractivity contribution in [2.75, 3.05) is 5.32 Å². The number of benzene rings is 8. The smallest absolute Gasteiger partial charge is 0.198 e. The third-order valence-electron chi connectivity index (χ3n) is 16.4. The number of ether oxygens (including phenoxy) is 2. The Morgan fingerprint density at radius 3 is 1.94 bits per heavy atom. The molecule has 0 radical (unpaired) electrons. The number of para-hydroxylation sites is 3. The van der Waals surface area contributed by atoms with Crippen LogP contribution in [0.5, 0.6) is 23.0 Å². The molecule has 0 bridgehead atoms. The van der Waals surface area contributed by atoms with Gasteiger partial charge in [-0.1, -0.05) is 135 Å². The Balaban J connectivity index is 1.08. The van der Waals surface area contributed by atoms with Gasteiger partial charge in [-0.2, -0.15) is 0 Å². The van der Waals surface area contributed by atoms with E-state index in [1.807, 2.05) is 24.3 Å². The zero-order valence-electron chi connectivity index (χ0n) is 43.0. The average molecular weight is 929 g/mol. The van der Waals surface area contributed by atoms with Crippen LogP contribution >= 0.6 is 0 Å². The number of hydrogen-bond donors (Lipinski definition) is 1. The second kappa shape index (κ2) is 14.9. The Morgan fingerprint density at radius 1 is 0.549 bits per heavy atom. The SMILES string of the molecule is Cc1ccccc1-c1cc(-c2cc3c(cc2Nc2cccc4c2oc2cc5c(cc24)C(C)(C)CCC5(C)C)Oc2ccccc2O3)c2c(c1)-n1c3ccc(C(C)(C)C)cc3c3cc(C(C)(C)C)cc(c31)B2. The van der Waals surface area contributed by atoms with E-state index in [0.29, 0.717) is 23.0 Å². The van der Waals surface area contributed by atoms with Crippen LogP contribution in [-0.2, 0) is 21.7 Å². The maximum absolute atomic E-state index is 7.02. The predicted octanol–water partition coefficient (Wildman–Crippen LogP) is 16.6. The van der Waals surface area contributed by atoms with Crippen LogP contribution in [0.15, 0.2) is 138 Å². The second-order valence-corrected chi connectivity index (χ2v) is 24.2. The highest BCUT2D eigenvalue weighted by atomic mass is 16.6. The van der Waals surface area contributed by atoms with Gasteiger partial charge < -0.3 is 23.8 Å². The largest absolute Gasteiger partial charge is 0.454 e. The van der Waals surface area contributed by atoms with E-state index in [0.717, 1.165) is 70.1 Å². The molecule has 5 nitrogen and oxygen atoms in total. The van der Waals surface area contributed by atoms with Crippen molar-refractivity contribution in [2.45, 2.75) is 111 Å². The third-order valence-corrected chi connectivity index (χ3v) is 16.4. The number of rotatable bonds is 4. The van der Waals surface area contributed by atoms with Crippen LogP contribution in [0.4, 0.5) is 11.4 Å². The van der Waals surface area contributed by atoms with Crippen LogP contribution in [0.3, 0.4) is 0 Å². The summed E-state index contributed by atoms with van der Waals surface area (Å²) in [4.78, 5) is 0. The summed E-state index contributed by atoms with van der Waals surface area (Å²) in [6.45, 7) is 25.7. The topological polar surface area (TPSA) is 48.6 Å². The first kappa shape index (κ1) is 43.8. The Labute approximate surface area is 418 Å². The van der Waals surface area contributed by atoms with Gasteiger partial charge in [-0.05, 0) is 158 Å². The zero-order chi connectivity index (χ0) is 49.1. The molecule has 2 aliphatic heterocycles. The molecule has 2 aromatic heterocycles. The molecule has 0 spiro atoms. The van der Waals surface area contributed by atoms with Crippen molar-refractivity contribution >= 4 is 73.3 Å². The number of aryl methyl sites for hydroxylation is 1. The first-order chi connectivity index (χ1) is 33.8. The molecular formula is C65H61BN2O3. The molecule has 0 saturated carbocycles. The fourth-order valence-corrected chi connectivity index (χ4v) is 12.0. The number of nitrogens with zero attached hydrogens (tertiary/aromatic N) is 1. The normalized spacial score (nSPS) is 15.4. The predicted molar refractivity (Wildman–Crippen MR) is 299 cm³/mol. The van der Waals surface area contributed by atoms with E-state index >= 15 is 0 Å². The average Bonchev–Trinajstić information content (AvgIpc) is 3.88. The molecule has 10 aromatic rings. The van der Waals surface area contributed by atoms with Crippen molar-refractivity contribution < 1.29 is 13.9 Å². The highest BCUT2D eigenvalue weighted by molar-refractivity contribution is 6.73. The minimum atomic E-state index is -0.0504. The molecule has 0 saturated heterocycles. The van der Waals surface area contributed by atoms with E-state index in [2.05, 4.69) is 195 Å². The third kappa shape index (κ3) is 6.80. The Kier molecular flexibility index (Phi) is 9.21. The van der Waals surface area contributed by atoms with Gasteiger partial charge in [-0.3, -0.25) is 0 Å². The van der Waals surface area contributed by atoms with Gasteiger partial charge >= 0.3 is 0 Å². The lowest BCUT2D eigenvalue weighted by Gasteiger charge is -2.41. The summed E-state index contributed by atoms with van der Waals surface area (Å²) in [5, 5.41) is 8.87. The Bertz CT molecular complexity index is 3920. The van der Waals surface area contributed by atoms with Crippen LogP contribution in [0.2, 0.25) is 0 Å². The van der Waals surface area contributed by atoms with E-state index in [1.165, 1.54) is 71.8 Å². The summed E-state index contributed by atoms with van der Waals surface area (Å²) >= 11 is 0. The Morgan fingerprint density at radius 2 is 1.23 bits per heavy atom. The molecular weight excluding hydrogens is 868 g/mol. The molecule has 0 amide bonds. The van der Waals surface area contributed by atoms with Gasteiger partial charge in [0.2, 0.25) is 0 Å². The summed E-state index contributed by atoms with van der Waals surface area (Å²) in [6.07, 6.45) is 2.30. The molecule has 352 valence electrons. The number of hydrogen-bond acceptors (Lipinski definition) is 4. The molecule has 71 heavy (non-hydrogen) atoms. The number of anilines is 2. The van der Waals surface area contributed by atoms with Crippen molar-refractivity contribution in [1.29, 1.82) is 0 Å². The molecule has 3 aliphatic rings. The molecule has 0 fully saturated rings. The van der Waals surface area contributed by atoms with E-state index in [-0.39, 0.29) is 21.7 Å². The van der Waals surface area contributed by atoms with E-state index < -0.39 is 0 Å². The van der Waals surface area contributed by atoms with Crippen LogP contribution in [0.25, 0.3) is 71.7 Å². The molecule has 1 N–H and O–H groups in total. The number of nitrogens with one attached hydrogen (secondary N) is 1. The van der Waals surface area contributed by atoms with Crippen LogP contribution < -0.4 is 25.7 Å². The molecule has 8 aromatic carbocycles. The van der Waals surface area contributed by atoms with Gasteiger partial charge in [0, 0.05) is 44.4 Å². The molecule has 0 unspecified atom stereocenters. The Hall–Kier alpha value is -7.18.